The summed E-state index contributed by atoms with van der Waals surface area (Å²) in [6.07, 6.45) is 3.72. The molecule has 3 saturated heterocycles. The topological polar surface area (TPSA) is 99.6 Å². The van der Waals surface area contributed by atoms with Gasteiger partial charge in [-0.05, 0) is 74.6 Å². The molecule has 0 aromatic heterocycles. The van der Waals surface area contributed by atoms with Crippen molar-refractivity contribution < 1.29 is 29.0 Å². The zero-order valence-corrected chi connectivity index (χ0v) is 28.5. The maximum Gasteiger partial charge on any atom is 0.253 e. The average molecular weight is 664 g/mol. The summed E-state index contributed by atoms with van der Waals surface area (Å²) in [4.78, 5) is 49.7. The van der Waals surface area contributed by atoms with Crippen molar-refractivity contribution in [3.8, 4) is 5.75 Å². The molecule has 9 heteroatoms. The Labute approximate surface area is 288 Å². The number of aliphatic hydroxyl groups excluding tert-OH is 1. The number of ether oxygens (including phenoxy) is 2. The first-order chi connectivity index (χ1) is 23.7. The molecule has 0 saturated carbocycles. The lowest BCUT2D eigenvalue weighted by atomic mass is 9.70. The Hall–Kier alpha value is -4.73. The number of aryl methyl sites for hydroxylation is 2. The van der Waals surface area contributed by atoms with Crippen LogP contribution in [0.25, 0.3) is 0 Å². The Morgan fingerprint density at radius 2 is 1.63 bits per heavy atom. The van der Waals surface area contributed by atoms with Gasteiger partial charge in [0.25, 0.3) is 5.91 Å². The van der Waals surface area contributed by atoms with E-state index in [9.17, 15) is 14.7 Å². The molecule has 0 aliphatic carbocycles. The van der Waals surface area contributed by atoms with Crippen LogP contribution in [-0.2, 0) is 19.1 Å². The standard InChI is InChI=1S/C40H45N3O6/c1-6-23-41(29-17-19-30(20-18-29)48-8-3)37(45)33-32-21-22-40(49-32)34(33)38(46)43(31(25-44)28-15-10-9-11-16-28)36(40)39(47)42(24-7-2)35-26(4)13-12-14-27(35)5/h6-7,9-20,31-34,36,44H,1-2,8,21-25H2,3-5H3/t31-,32+,33-,34+,36?,40?/m1/s1. The summed E-state index contributed by atoms with van der Waals surface area (Å²) in [5, 5.41) is 10.9. The van der Waals surface area contributed by atoms with Gasteiger partial charge in [0.05, 0.1) is 37.2 Å². The maximum absolute atomic E-state index is 15.2. The molecule has 6 atom stereocenters. The molecule has 2 unspecified atom stereocenters. The highest BCUT2D eigenvalue weighted by Gasteiger charge is 2.75. The molecule has 3 aliphatic rings. The van der Waals surface area contributed by atoms with Crippen molar-refractivity contribution in [3.05, 3.63) is 115 Å². The number of likely N-dealkylation sites (tertiary alicyclic amines) is 1. The van der Waals surface area contributed by atoms with Gasteiger partial charge in [0.1, 0.15) is 17.4 Å². The zero-order valence-electron chi connectivity index (χ0n) is 28.5. The SMILES string of the molecule is C=CCN(C(=O)[C@@H]1[C@@H]2CCC3(O2)C(C(=O)N(CC=C)c2c(C)cccc2C)N([C@H](CO)c2ccccc2)C(=O)[C@H]13)c1ccc(OCC)cc1. The van der Waals surface area contributed by atoms with E-state index in [0.717, 1.165) is 16.8 Å². The molecule has 3 amide bonds. The van der Waals surface area contributed by atoms with Crippen LogP contribution in [0.4, 0.5) is 11.4 Å². The summed E-state index contributed by atoms with van der Waals surface area (Å²) in [7, 11) is 0. The van der Waals surface area contributed by atoms with E-state index < -0.39 is 42.2 Å². The minimum Gasteiger partial charge on any atom is -0.494 e. The fourth-order valence-corrected chi connectivity index (χ4v) is 8.34. The van der Waals surface area contributed by atoms with Crippen LogP contribution < -0.4 is 14.5 Å². The van der Waals surface area contributed by atoms with Gasteiger partial charge >= 0.3 is 0 Å². The van der Waals surface area contributed by atoms with Crippen LogP contribution in [0.5, 0.6) is 5.75 Å². The van der Waals surface area contributed by atoms with Crippen molar-refractivity contribution in [2.75, 3.05) is 36.1 Å². The van der Waals surface area contributed by atoms with E-state index in [2.05, 4.69) is 13.2 Å². The highest BCUT2D eigenvalue weighted by atomic mass is 16.5. The van der Waals surface area contributed by atoms with Gasteiger partial charge in [0, 0.05) is 24.5 Å². The molecule has 256 valence electrons. The number of fused-ring (bicyclic) bond motifs is 1. The monoisotopic (exact) mass is 663 g/mol. The molecule has 0 radical (unpaired) electrons. The molecule has 1 N–H and O–H groups in total. The highest BCUT2D eigenvalue weighted by Crippen LogP contribution is 2.60. The second kappa shape index (κ2) is 14.0. The first-order valence-corrected chi connectivity index (χ1v) is 17.0. The Bertz CT molecular complexity index is 1710. The van der Waals surface area contributed by atoms with E-state index in [0.29, 0.717) is 36.4 Å². The number of hydrogen-bond donors (Lipinski definition) is 1. The Kier molecular flexibility index (Phi) is 9.77. The quantitative estimate of drug-likeness (QED) is 0.241. The largest absolute Gasteiger partial charge is 0.494 e. The second-order valence-electron chi connectivity index (χ2n) is 13.1. The van der Waals surface area contributed by atoms with Crippen molar-refractivity contribution in [3.63, 3.8) is 0 Å². The van der Waals surface area contributed by atoms with Crippen LogP contribution in [-0.4, -0.2) is 71.8 Å². The van der Waals surface area contributed by atoms with Gasteiger partial charge in [-0.2, -0.15) is 0 Å². The lowest BCUT2D eigenvalue weighted by molar-refractivity contribution is -0.144. The number of anilines is 2. The number of carbonyl (C=O) groups excluding carboxylic acids is 3. The van der Waals surface area contributed by atoms with E-state index in [-0.39, 0.29) is 30.8 Å². The lowest BCUT2D eigenvalue weighted by Crippen LogP contribution is -2.57. The average Bonchev–Trinajstić information content (AvgIpc) is 3.75. The molecule has 9 nitrogen and oxygen atoms in total. The van der Waals surface area contributed by atoms with Gasteiger partial charge in [-0.3, -0.25) is 14.4 Å². The maximum atomic E-state index is 15.2. The fourth-order valence-electron chi connectivity index (χ4n) is 8.34. The normalized spacial score (nSPS) is 24.3. The van der Waals surface area contributed by atoms with Crippen molar-refractivity contribution in [2.45, 2.75) is 57.4 Å². The zero-order chi connectivity index (χ0) is 34.9. The van der Waals surface area contributed by atoms with Crippen molar-refractivity contribution in [1.82, 2.24) is 4.90 Å². The molecular formula is C40H45N3O6. The summed E-state index contributed by atoms with van der Waals surface area (Å²) in [6.45, 7) is 14.2. The summed E-state index contributed by atoms with van der Waals surface area (Å²) >= 11 is 0. The molecule has 6 rings (SSSR count). The van der Waals surface area contributed by atoms with Gasteiger partial charge < -0.3 is 29.3 Å². The lowest BCUT2D eigenvalue weighted by Gasteiger charge is -2.40. The van der Waals surface area contributed by atoms with Crippen LogP contribution in [0.1, 0.15) is 42.5 Å². The third kappa shape index (κ3) is 5.74. The van der Waals surface area contributed by atoms with Crippen LogP contribution >= 0.6 is 0 Å². The van der Waals surface area contributed by atoms with Gasteiger partial charge in [-0.25, -0.2) is 0 Å². The third-order valence-corrected chi connectivity index (χ3v) is 10.3. The fraction of sp³-hybridized carbons (Fsp3) is 0.375. The number of hydrogen-bond acceptors (Lipinski definition) is 6. The highest BCUT2D eigenvalue weighted by molar-refractivity contribution is 6.07. The molecule has 3 aromatic carbocycles. The van der Waals surface area contributed by atoms with Gasteiger partial charge in [-0.1, -0.05) is 60.7 Å². The molecular weight excluding hydrogens is 618 g/mol. The second-order valence-corrected chi connectivity index (χ2v) is 13.1. The predicted molar refractivity (Wildman–Crippen MR) is 189 cm³/mol. The molecule has 3 aliphatic heterocycles. The Morgan fingerprint density at radius 1 is 0.980 bits per heavy atom. The van der Waals surface area contributed by atoms with Gasteiger partial charge in [0.15, 0.2) is 0 Å². The number of carbonyl (C=O) groups is 3. The summed E-state index contributed by atoms with van der Waals surface area (Å²) in [5.41, 5.74) is 2.62. The minimum absolute atomic E-state index is 0.204. The van der Waals surface area contributed by atoms with E-state index in [1.165, 1.54) is 4.90 Å². The third-order valence-electron chi connectivity index (χ3n) is 10.3. The van der Waals surface area contributed by atoms with Crippen LogP contribution in [0.2, 0.25) is 0 Å². The number of para-hydroxylation sites is 1. The van der Waals surface area contributed by atoms with Crippen LogP contribution in [0.3, 0.4) is 0 Å². The van der Waals surface area contributed by atoms with E-state index >= 15 is 4.79 Å². The molecule has 3 heterocycles. The van der Waals surface area contributed by atoms with E-state index in [4.69, 9.17) is 9.47 Å². The van der Waals surface area contributed by atoms with E-state index in [1.807, 2.05) is 93.6 Å². The predicted octanol–water partition coefficient (Wildman–Crippen LogP) is 5.55. The number of amides is 3. The minimum atomic E-state index is -1.27. The Balaban J connectivity index is 1.47. The molecule has 49 heavy (non-hydrogen) atoms. The molecule has 2 bridgehead atoms. The van der Waals surface area contributed by atoms with Crippen LogP contribution in [0, 0.1) is 25.7 Å². The number of aliphatic hydroxyl groups is 1. The number of nitrogens with zero attached hydrogens (tertiary/aromatic N) is 3. The van der Waals surface area contributed by atoms with E-state index in [1.54, 1.807) is 22.0 Å². The first kappa shape index (κ1) is 34.1. The van der Waals surface area contributed by atoms with Crippen molar-refractivity contribution in [2.24, 2.45) is 11.8 Å². The molecule has 3 fully saturated rings. The summed E-state index contributed by atoms with van der Waals surface area (Å²) < 4.78 is 12.4. The number of rotatable bonds is 13. The summed E-state index contributed by atoms with van der Waals surface area (Å²) in [5.74, 6) is -2.04. The van der Waals surface area contributed by atoms with Gasteiger partial charge in [0.2, 0.25) is 11.8 Å². The molecule has 3 aromatic rings. The molecule has 1 spiro atoms. The van der Waals surface area contributed by atoms with Crippen LogP contribution in [0.15, 0.2) is 98.1 Å². The Morgan fingerprint density at radius 3 is 2.24 bits per heavy atom. The number of benzene rings is 3. The smallest absolute Gasteiger partial charge is 0.253 e. The van der Waals surface area contributed by atoms with Crippen molar-refractivity contribution in [1.29, 1.82) is 0 Å². The first-order valence-electron chi connectivity index (χ1n) is 17.0. The van der Waals surface area contributed by atoms with Gasteiger partial charge in [-0.15, -0.1) is 13.2 Å². The van der Waals surface area contributed by atoms with Crippen molar-refractivity contribution >= 4 is 29.1 Å². The summed E-state index contributed by atoms with van der Waals surface area (Å²) in [6, 6.07) is 20.4.